The molecule has 7 heteroatoms. The normalized spacial score (nSPS) is 13.9. The summed E-state index contributed by atoms with van der Waals surface area (Å²) >= 11 is 5.81. The molecule has 2 aromatic carbocycles. The molecule has 0 unspecified atom stereocenters. The Kier molecular flexibility index (Phi) is 5.89. The Balaban J connectivity index is 1.69. The maximum absolute atomic E-state index is 12.4. The van der Waals surface area contributed by atoms with Crippen LogP contribution in [-0.2, 0) is 27.8 Å². The quantitative estimate of drug-likeness (QED) is 0.794. The number of rotatable bonds is 6. The minimum atomic E-state index is -3.60. The molecule has 5 nitrogen and oxygen atoms in total. The summed E-state index contributed by atoms with van der Waals surface area (Å²) in [7, 11) is -3.60. The Morgan fingerprint density at radius 2 is 1.89 bits per heavy atom. The molecule has 0 saturated heterocycles. The lowest BCUT2D eigenvalue weighted by molar-refractivity contribution is -0.119. The largest absolute Gasteiger partial charge is 0.312 e. The summed E-state index contributed by atoms with van der Waals surface area (Å²) in [5, 5.41) is 0.490. The zero-order valence-electron chi connectivity index (χ0n) is 15.4. The summed E-state index contributed by atoms with van der Waals surface area (Å²) in [6, 6.07) is 11.8. The number of amides is 1. The number of halogens is 1. The number of carbonyl (C=O) groups is 1. The first-order chi connectivity index (χ1) is 12.8. The average molecular weight is 407 g/mol. The minimum absolute atomic E-state index is 0.139. The average Bonchev–Trinajstić information content (AvgIpc) is 3.03. The van der Waals surface area contributed by atoms with E-state index in [1.807, 2.05) is 36.9 Å². The lowest BCUT2D eigenvalue weighted by Crippen LogP contribution is -2.29. The third-order valence-corrected chi connectivity index (χ3v) is 6.18. The molecule has 0 aliphatic carbocycles. The molecule has 0 fully saturated rings. The van der Waals surface area contributed by atoms with E-state index in [0.29, 0.717) is 23.9 Å². The first-order valence-electron chi connectivity index (χ1n) is 8.93. The summed E-state index contributed by atoms with van der Waals surface area (Å²) in [4.78, 5) is 14.4. The number of carbonyl (C=O) groups excluding carboxylic acids is 1. The van der Waals surface area contributed by atoms with Gasteiger partial charge in [-0.15, -0.1) is 0 Å². The highest BCUT2D eigenvalue weighted by atomic mass is 35.5. The molecule has 0 radical (unpaired) electrons. The van der Waals surface area contributed by atoms with Crippen molar-refractivity contribution in [2.24, 2.45) is 5.92 Å². The first kappa shape index (κ1) is 19.9. The van der Waals surface area contributed by atoms with Crippen molar-refractivity contribution in [3.05, 3.63) is 58.6 Å². The van der Waals surface area contributed by atoms with E-state index in [4.69, 9.17) is 11.6 Å². The molecule has 1 N–H and O–H groups in total. The summed E-state index contributed by atoms with van der Waals surface area (Å²) < 4.78 is 27.4. The van der Waals surface area contributed by atoms with Gasteiger partial charge in [-0.05, 0) is 53.8 Å². The van der Waals surface area contributed by atoms with Gasteiger partial charge in [0, 0.05) is 30.2 Å². The van der Waals surface area contributed by atoms with Gasteiger partial charge in [0.1, 0.15) is 0 Å². The van der Waals surface area contributed by atoms with Gasteiger partial charge in [0.15, 0.2) is 0 Å². The smallest absolute Gasteiger partial charge is 0.240 e. The van der Waals surface area contributed by atoms with Crippen molar-refractivity contribution >= 4 is 33.2 Å². The zero-order valence-corrected chi connectivity index (χ0v) is 17.0. The van der Waals surface area contributed by atoms with Crippen LogP contribution >= 0.6 is 11.6 Å². The molecule has 3 rings (SSSR count). The molecular formula is C20H23ClN2O3S. The fraction of sp³-hybridized carbons (Fsp3) is 0.350. The fourth-order valence-electron chi connectivity index (χ4n) is 3.16. The molecule has 2 aromatic rings. The van der Waals surface area contributed by atoms with E-state index in [0.717, 1.165) is 23.2 Å². The highest BCUT2D eigenvalue weighted by Gasteiger charge is 2.25. The van der Waals surface area contributed by atoms with Crippen LogP contribution in [0.1, 0.15) is 31.4 Å². The highest BCUT2D eigenvalue weighted by Crippen LogP contribution is 2.30. The predicted octanol–water partition coefficient (Wildman–Crippen LogP) is 3.75. The summed E-state index contributed by atoms with van der Waals surface area (Å²) in [5.74, 6) is 0.461. The molecule has 144 valence electrons. The van der Waals surface area contributed by atoms with E-state index < -0.39 is 10.0 Å². The van der Waals surface area contributed by atoms with Crippen molar-refractivity contribution in [2.45, 2.75) is 38.1 Å². The van der Waals surface area contributed by atoms with Gasteiger partial charge < -0.3 is 4.90 Å². The number of nitrogens with one attached hydrogen (secondary N) is 1. The van der Waals surface area contributed by atoms with Gasteiger partial charge in [-0.3, -0.25) is 4.79 Å². The molecule has 1 heterocycles. The molecule has 0 bridgehead atoms. The summed E-state index contributed by atoms with van der Waals surface area (Å²) in [6.07, 6.45) is 1.32. The van der Waals surface area contributed by atoms with Crippen LogP contribution in [0.4, 0.5) is 5.69 Å². The molecule has 0 spiro atoms. The van der Waals surface area contributed by atoms with Gasteiger partial charge in [0.05, 0.1) is 4.90 Å². The van der Waals surface area contributed by atoms with Crippen LogP contribution < -0.4 is 9.62 Å². The zero-order chi connectivity index (χ0) is 19.6. The number of hydrogen-bond donors (Lipinski definition) is 1. The first-order valence-corrected chi connectivity index (χ1v) is 10.8. The van der Waals surface area contributed by atoms with Gasteiger partial charge in [-0.1, -0.05) is 37.6 Å². The van der Waals surface area contributed by atoms with Crippen LogP contribution in [0, 0.1) is 5.92 Å². The molecule has 0 saturated carbocycles. The van der Waals surface area contributed by atoms with Gasteiger partial charge in [-0.25, -0.2) is 13.1 Å². The van der Waals surface area contributed by atoms with Crippen LogP contribution in [0.25, 0.3) is 0 Å². The molecule has 0 atom stereocenters. The Morgan fingerprint density at radius 1 is 1.19 bits per heavy atom. The van der Waals surface area contributed by atoms with Crippen molar-refractivity contribution in [1.29, 1.82) is 0 Å². The Hall–Kier alpha value is -1.89. The van der Waals surface area contributed by atoms with E-state index in [2.05, 4.69) is 4.72 Å². The lowest BCUT2D eigenvalue weighted by Gasteiger charge is -2.18. The maximum atomic E-state index is 12.4. The Bertz CT molecular complexity index is 940. The van der Waals surface area contributed by atoms with Crippen molar-refractivity contribution in [2.75, 3.05) is 11.4 Å². The van der Waals surface area contributed by atoms with Crippen LogP contribution in [0.5, 0.6) is 0 Å². The van der Waals surface area contributed by atoms with E-state index in [-0.39, 0.29) is 17.3 Å². The fourth-order valence-corrected chi connectivity index (χ4v) is 4.30. The van der Waals surface area contributed by atoms with Crippen LogP contribution in [-0.4, -0.2) is 20.9 Å². The van der Waals surface area contributed by atoms with Gasteiger partial charge in [-0.2, -0.15) is 0 Å². The Labute approximate surface area is 165 Å². The van der Waals surface area contributed by atoms with Gasteiger partial charge >= 0.3 is 0 Å². The second-order valence-electron chi connectivity index (χ2n) is 7.13. The topological polar surface area (TPSA) is 66.5 Å². The molecule has 27 heavy (non-hydrogen) atoms. The Morgan fingerprint density at radius 3 is 2.56 bits per heavy atom. The maximum Gasteiger partial charge on any atom is 0.240 e. The summed E-state index contributed by atoms with van der Waals surface area (Å²) in [5.41, 5.74) is 2.88. The number of benzene rings is 2. The molecule has 1 aliphatic heterocycles. The summed E-state index contributed by atoms with van der Waals surface area (Å²) in [6.45, 7) is 4.94. The molecule has 1 amide bonds. The van der Waals surface area contributed by atoms with Crippen LogP contribution in [0.3, 0.4) is 0 Å². The third kappa shape index (κ3) is 4.69. The monoisotopic (exact) mass is 406 g/mol. The van der Waals surface area contributed by atoms with Gasteiger partial charge in [0.25, 0.3) is 0 Å². The van der Waals surface area contributed by atoms with E-state index in [1.165, 1.54) is 12.1 Å². The number of sulfonamides is 1. The highest BCUT2D eigenvalue weighted by molar-refractivity contribution is 7.89. The van der Waals surface area contributed by atoms with Gasteiger partial charge in [0.2, 0.25) is 15.9 Å². The molecule has 0 aromatic heterocycles. The third-order valence-electron chi connectivity index (χ3n) is 4.51. The lowest BCUT2D eigenvalue weighted by atomic mass is 10.1. The minimum Gasteiger partial charge on any atom is -0.312 e. The van der Waals surface area contributed by atoms with Crippen LogP contribution in [0.15, 0.2) is 47.4 Å². The van der Waals surface area contributed by atoms with Crippen LogP contribution in [0.2, 0.25) is 5.02 Å². The number of hydrogen-bond acceptors (Lipinski definition) is 3. The standard InChI is InChI=1S/C20H23ClN2O3S/c1-14(2)11-20(24)23-10-9-16-12-15(3-8-19(16)23)13-22-27(25,26)18-6-4-17(21)5-7-18/h3-8,12,14,22H,9-11,13H2,1-2H3. The van der Waals surface area contributed by atoms with Crippen molar-refractivity contribution in [1.82, 2.24) is 4.72 Å². The molecule has 1 aliphatic rings. The van der Waals surface area contributed by atoms with E-state index in [9.17, 15) is 13.2 Å². The predicted molar refractivity (Wildman–Crippen MR) is 107 cm³/mol. The number of anilines is 1. The second kappa shape index (κ2) is 8.00. The second-order valence-corrected chi connectivity index (χ2v) is 9.34. The van der Waals surface area contributed by atoms with Crippen molar-refractivity contribution in [3.8, 4) is 0 Å². The van der Waals surface area contributed by atoms with E-state index in [1.54, 1.807) is 12.1 Å². The molecular weight excluding hydrogens is 384 g/mol. The SMILES string of the molecule is CC(C)CC(=O)N1CCc2cc(CNS(=O)(=O)c3ccc(Cl)cc3)ccc21. The van der Waals surface area contributed by atoms with Crippen molar-refractivity contribution < 1.29 is 13.2 Å². The number of nitrogens with zero attached hydrogens (tertiary/aromatic N) is 1. The number of fused-ring (bicyclic) bond motifs is 1. The van der Waals surface area contributed by atoms with Crippen molar-refractivity contribution in [3.63, 3.8) is 0 Å². The van der Waals surface area contributed by atoms with E-state index >= 15 is 0 Å².